The van der Waals surface area contributed by atoms with Crippen molar-refractivity contribution in [3.63, 3.8) is 0 Å². The van der Waals surface area contributed by atoms with Gasteiger partial charge in [-0.1, -0.05) is 0 Å². The van der Waals surface area contributed by atoms with E-state index in [4.69, 9.17) is 9.47 Å². The van der Waals surface area contributed by atoms with E-state index in [2.05, 4.69) is 15.6 Å². The van der Waals surface area contributed by atoms with Crippen molar-refractivity contribution in [3.05, 3.63) is 30.1 Å². The molecule has 5 nitrogen and oxygen atoms in total. The maximum Gasteiger partial charge on any atom is 0.190 e. The fourth-order valence-electron chi connectivity index (χ4n) is 1.90. The van der Waals surface area contributed by atoms with Gasteiger partial charge in [-0.15, -0.1) is 24.0 Å². The molecule has 1 aromatic rings. The molecule has 0 unspecified atom stereocenters. The Kier molecular flexibility index (Phi) is 14.7. The molecule has 0 aliphatic rings. The van der Waals surface area contributed by atoms with Gasteiger partial charge in [-0.2, -0.15) is 0 Å². The Hall–Kier alpha value is -1.09. The molecule has 0 saturated carbocycles. The van der Waals surface area contributed by atoms with Gasteiger partial charge < -0.3 is 20.1 Å². The predicted molar refractivity (Wildman–Crippen MR) is 107 cm³/mol. The molecule has 0 radical (unpaired) electrons. The third kappa shape index (κ3) is 11.4. The lowest BCUT2D eigenvalue weighted by molar-refractivity contribution is 0.145. The van der Waals surface area contributed by atoms with E-state index in [-0.39, 0.29) is 29.8 Å². The molecule has 0 aliphatic heterocycles. The second-order valence-corrected chi connectivity index (χ2v) is 4.99. The van der Waals surface area contributed by atoms with Crippen LogP contribution >= 0.6 is 24.0 Å². The molecule has 2 N–H and O–H groups in total. The van der Waals surface area contributed by atoms with Gasteiger partial charge >= 0.3 is 0 Å². The fourth-order valence-corrected chi connectivity index (χ4v) is 1.90. The Bertz CT molecular complexity index is 444. The van der Waals surface area contributed by atoms with E-state index in [9.17, 15) is 4.39 Å². The molecule has 1 aromatic carbocycles. The molecule has 0 heterocycles. The smallest absolute Gasteiger partial charge is 0.190 e. The molecule has 24 heavy (non-hydrogen) atoms. The second kappa shape index (κ2) is 15.4. The van der Waals surface area contributed by atoms with Gasteiger partial charge in [0.05, 0.1) is 6.61 Å². The number of unbranched alkanes of at least 4 members (excludes halogenated alkanes) is 1. The lowest BCUT2D eigenvalue weighted by atomic mass is 10.3. The zero-order valence-corrected chi connectivity index (χ0v) is 16.8. The number of aliphatic imine (C=N–C) groups is 1. The van der Waals surface area contributed by atoms with Crippen LogP contribution in [0.25, 0.3) is 0 Å². The van der Waals surface area contributed by atoms with E-state index in [1.54, 1.807) is 19.2 Å². The largest absolute Gasteiger partial charge is 0.494 e. The van der Waals surface area contributed by atoms with Crippen molar-refractivity contribution in [1.29, 1.82) is 0 Å². The Morgan fingerprint density at radius 3 is 2.33 bits per heavy atom. The maximum absolute atomic E-state index is 12.7. The average Bonchev–Trinajstić information content (AvgIpc) is 2.57. The zero-order chi connectivity index (χ0) is 16.8. The van der Waals surface area contributed by atoms with E-state index in [1.165, 1.54) is 12.1 Å². The van der Waals surface area contributed by atoms with Crippen LogP contribution in [0.1, 0.15) is 26.2 Å². The van der Waals surface area contributed by atoms with E-state index in [0.29, 0.717) is 12.4 Å². The number of guanidine groups is 1. The van der Waals surface area contributed by atoms with E-state index < -0.39 is 0 Å². The number of nitrogens with one attached hydrogen (secondary N) is 2. The van der Waals surface area contributed by atoms with Gasteiger partial charge in [0.1, 0.15) is 11.6 Å². The van der Waals surface area contributed by atoms with Crippen LogP contribution in [0.2, 0.25) is 0 Å². The van der Waals surface area contributed by atoms with Crippen LogP contribution in [0.15, 0.2) is 29.3 Å². The zero-order valence-electron chi connectivity index (χ0n) is 14.5. The number of hydrogen-bond acceptors (Lipinski definition) is 3. The summed E-state index contributed by atoms with van der Waals surface area (Å²) >= 11 is 0. The molecule has 1 rings (SSSR count). The minimum atomic E-state index is -0.248. The van der Waals surface area contributed by atoms with Crippen molar-refractivity contribution in [2.45, 2.75) is 26.2 Å². The van der Waals surface area contributed by atoms with Gasteiger partial charge in [0.25, 0.3) is 0 Å². The Balaban J connectivity index is 0.00000529. The molecule has 0 atom stereocenters. The van der Waals surface area contributed by atoms with Crippen LogP contribution in [-0.4, -0.2) is 45.9 Å². The van der Waals surface area contributed by atoms with Crippen LogP contribution in [0, 0.1) is 5.82 Å². The van der Waals surface area contributed by atoms with Gasteiger partial charge in [-0.05, 0) is 50.5 Å². The van der Waals surface area contributed by atoms with Crippen LogP contribution < -0.4 is 15.4 Å². The first-order chi connectivity index (χ1) is 11.3. The summed E-state index contributed by atoms with van der Waals surface area (Å²) in [6.07, 6.45) is 2.85. The predicted octanol–water partition coefficient (Wildman–Crippen LogP) is 3.19. The normalized spacial score (nSPS) is 10.9. The number of halogens is 2. The summed E-state index contributed by atoms with van der Waals surface area (Å²) in [6, 6.07) is 6.08. The second-order valence-electron chi connectivity index (χ2n) is 4.99. The number of nitrogens with zero attached hydrogens (tertiary/aromatic N) is 1. The first kappa shape index (κ1) is 22.9. The van der Waals surface area contributed by atoms with Crippen molar-refractivity contribution >= 4 is 29.9 Å². The van der Waals surface area contributed by atoms with Gasteiger partial charge in [-0.3, -0.25) is 4.99 Å². The SMILES string of the molecule is CCOCCCNC(=NC)NCCCCOc1ccc(F)cc1.I. The molecule has 0 spiro atoms. The van der Waals surface area contributed by atoms with E-state index in [0.717, 1.165) is 51.5 Å². The lowest BCUT2D eigenvalue weighted by Crippen LogP contribution is -2.38. The highest BCUT2D eigenvalue weighted by Crippen LogP contribution is 2.11. The van der Waals surface area contributed by atoms with Crippen molar-refractivity contribution in [2.24, 2.45) is 4.99 Å². The standard InChI is InChI=1S/C17H28FN3O2.HI/c1-3-22-13-6-12-21-17(19-2)20-11-4-5-14-23-16-9-7-15(18)8-10-16;/h7-10H,3-6,11-14H2,1-2H3,(H2,19,20,21);1H. The lowest BCUT2D eigenvalue weighted by Gasteiger charge is -2.12. The molecular formula is C17H29FIN3O2. The fraction of sp³-hybridized carbons (Fsp3) is 0.588. The summed E-state index contributed by atoms with van der Waals surface area (Å²) < 4.78 is 23.6. The van der Waals surface area contributed by atoms with Crippen LogP contribution in [0.4, 0.5) is 4.39 Å². The molecule has 0 bridgehead atoms. The first-order valence-corrected chi connectivity index (χ1v) is 8.17. The molecule has 0 aromatic heterocycles. The highest BCUT2D eigenvalue weighted by Gasteiger charge is 1.98. The summed E-state index contributed by atoms with van der Waals surface area (Å²) in [4.78, 5) is 4.17. The molecule has 138 valence electrons. The number of hydrogen-bond donors (Lipinski definition) is 2. The Labute approximate surface area is 161 Å². The van der Waals surface area contributed by atoms with Gasteiger partial charge in [0, 0.05) is 33.4 Å². The maximum atomic E-state index is 12.7. The molecule has 0 amide bonds. The Morgan fingerprint density at radius 1 is 1.04 bits per heavy atom. The van der Waals surface area contributed by atoms with Gasteiger partial charge in [0.2, 0.25) is 0 Å². The van der Waals surface area contributed by atoms with Crippen LogP contribution in [0.5, 0.6) is 5.75 Å². The summed E-state index contributed by atoms with van der Waals surface area (Å²) in [5.74, 6) is 1.26. The van der Waals surface area contributed by atoms with Crippen LogP contribution in [0.3, 0.4) is 0 Å². The molecular weight excluding hydrogens is 424 g/mol. The highest BCUT2D eigenvalue weighted by atomic mass is 127. The number of rotatable bonds is 11. The van der Waals surface area contributed by atoms with Gasteiger partial charge in [-0.25, -0.2) is 4.39 Å². The average molecular weight is 453 g/mol. The summed E-state index contributed by atoms with van der Waals surface area (Å²) in [5.41, 5.74) is 0. The van der Waals surface area contributed by atoms with Crippen molar-refractivity contribution in [3.8, 4) is 5.75 Å². The molecule has 0 fully saturated rings. The third-order valence-electron chi connectivity index (χ3n) is 3.13. The van der Waals surface area contributed by atoms with E-state index >= 15 is 0 Å². The van der Waals surface area contributed by atoms with E-state index in [1.807, 2.05) is 6.92 Å². The van der Waals surface area contributed by atoms with Crippen molar-refractivity contribution in [1.82, 2.24) is 10.6 Å². The monoisotopic (exact) mass is 453 g/mol. The third-order valence-corrected chi connectivity index (χ3v) is 3.13. The first-order valence-electron chi connectivity index (χ1n) is 8.17. The van der Waals surface area contributed by atoms with Crippen molar-refractivity contribution < 1.29 is 13.9 Å². The quantitative estimate of drug-likeness (QED) is 0.234. The Morgan fingerprint density at radius 2 is 1.71 bits per heavy atom. The highest BCUT2D eigenvalue weighted by molar-refractivity contribution is 14.0. The molecule has 7 heteroatoms. The summed E-state index contributed by atoms with van der Waals surface area (Å²) in [6.45, 7) is 5.81. The van der Waals surface area contributed by atoms with Crippen LogP contribution in [-0.2, 0) is 4.74 Å². The summed E-state index contributed by atoms with van der Waals surface area (Å²) in [5, 5.41) is 6.50. The van der Waals surface area contributed by atoms with Crippen molar-refractivity contribution in [2.75, 3.05) is 40.0 Å². The van der Waals surface area contributed by atoms with Gasteiger partial charge in [0.15, 0.2) is 5.96 Å². The molecule has 0 aliphatic carbocycles. The number of benzene rings is 1. The minimum absolute atomic E-state index is 0. The topological polar surface area (TPSA) is 54.9 Å². The minimum Gasteiger partial charge on any atom is -0.494 e. The number of ether oxygens (including phenoxy) is 2. The summed E-state index contributed by atoms with van der Waals surface area (Å²) in [7, 11) is 1.76. The molecule has 0 saturated heterocycles.